The summed E-state index contributed by atoms with van der Waals surface area (Å²) in [6.45, 7) is 4.03. The maximum Gasteiger partial charge on any atom is 0.161 e. The van der Waals surface area contributed by atoms with E-state index in [0.29, 0.717) is 17.9 Å². The fourth-order valence-corrected chi connectivity index (χ4v) is 2.94. The molecule has 5 heteroatoms. The second kappa shape index (κ2) is 6.24. The van der Waals surface area contributed by atoms with Crippen LogP contribution in [0, 0.1) is 13.8 Å². The van der Waals surface area contributed by atoms with Crippen LogP contribution >= 0.6 is 11.3 Å². The van der Waals surface area contributed by atoms with Crippen molar-refractivity contribution in [1.82, 2.24) is 4.98 Å². The Morgan fingerprint density at radius 3 is 2.45 bits per heavy atom. The second-order valence-electron chi connectivity index (χ2n) is 4.58. The van der Waals surface area contributed by atoms with Crippen LogP contribution in [-0.4, -0.2) is 24.3 Å². The molecule has 1 unspecified atom stereocenters. The smallest absolute Gasteiger partial charge is 0.161 e. The maximum absolute atomic E-state index is 10.3. The van der Waals surface area contributed by atoms with Gasteiger partial charge >= 0.3 is 0 Å². The summed E-state index contributed by atoms with van der Waals surface area (Å²) in [6.07, 6.45) is -0.0887. The Morgan fingerprint density at radius 1 is 1.20 bits per heavy atom. The molecule has 0 bridgehead atoms. The van der Waals surface area contributed by atoms with Crippen LogP contribution in [0.1, 0.15) is 27.2 Å². The molecule has 1 heterocycles. The number of methoxy groups -OCH3 is 2. The van der Waals surface area contributed by atoms with E-state index in [9.17, 15) is 5.11 Å². The molecular weight excluding hydrogens is 274 g/mol. The molecule has 1 N–H and O–H groups in total. The Kier molecular flexibility index (Phi) is 4.62. The van der Waals surface area contributed by atoms with E-state index < -0.39 is 6.10 Å². The van der Waals surface area contributed by atoms with Crippen molar-refractivity contribution in [3.8, 4) is 11.5 Å². The van der Waals surface area contributed by atoms with Gasteiger partial charge in [0.25, 0.3) is 0 Å². The number of hydrogen-bond acceptors (Lipinski definition) is 5. The topological polar surface area (TPSA) is 51.6 Å². The second-order valence-corrected chi connectivity index (χ2v) is 5.87. The van der Waals surface area contributed by atoms with Crippen LogP contribution < -0.4 is 9.47 Å². The van der Waals surface area contributed by atoms with Crippen LogP contribution in [-0.2, 0) is 6.42 Å². The minimum absolute atomic E-state index is 0.509. The average Bonchev–Trinajstić information content (AvgIpc) is 2.76. The molecule has 0 spiro atoms. The van der Waals surface area contributed by atoms with Gasteiger partial charge in [0.1, 0.15) is 0 Å². The number of benzene rings is 1. The molecule has 2 aromatic rings. The van der Waals surface area contributed by atoms with E-state index in [1.165, 1.54) is 4.88 Å². The summed E-state index contributed by atoms with van der Waals surface area (Å²) in [5.74, 6) is 1.28. The third kappa shape index (κ3) is 3.11. The zero-order chi connectivity index (χ0) is 14.7. The van der Waals surface area contributed by atoms with E-state index in [0.717, 1.165) is 16.3 Å². The lowest BCUT2D eigenvalue weighted by Crippen LogP contribution is -2.02. The summed E-state index contributed by atoms with van der Waals surface area (Å²) < 4.78 is 10.4. The molecular formula is C15H19NO3S. The first-order chi connectivity index (χ1) is 9.55. The summed E-state index contributed by atoms with van der Waals surface area (Å²) in [7, 11) is 3.18. The monoisotopic (exact) mass is 293 g/mol. The lowest BCUT2D eigenvalue weighted by Gasteiger charge is -2.13. The van der Waals surface area contributed by atoms with Crippen LogP contribution in [0.2, 0.25) is 0 Å². The predicted octanol–water partition coefficient (Wildman–Crippen LogP) is 3.05. The molecule has 1 aromatic carbocycles. The summed E-state index contributed by atoms with van der Waals surface area (Å²) >= 11 is 1.63. The van der Waals surface area contributed by atoms with Crippen molar-refractivity contribution in [1.29, 1.82) is 0 Å². The van der Waals surface area contributed by atoms with Gasteiger partial charge in [-0.2, -0.15) is 0 Å². The highest BCUT2D eigenvalue weighted by Crippen LogP contribution is 2.31. The van der Waals surface area contributed by atoms with Crippen molar-refractivity contribution in [2.24, 2.45) is 0 Å². The Labute approximate surface area is 123 Å². The van der Waals surface area contributed by atoms with Gasteiger partial charge in [-0.25, -0.2) is 4.98 Å². The van der Waals surface area contributed by atoms with Gasteiger partial charge in [-0.3, -0.25) is 0 Å². The lowest BCUT2D eigenvalue weighted by molar-refractivity contribution is 0.177. The van der Waals surface area contributed by atoms with Gasteiger partial charge < -0.3 is 14.6 Å². The van der Waals surface area contributed by atoms with Gasteiger partial charge in [-0.05, 0) is 31.5 Å². The molecule has 0 amide bonds. The molecule has 1 aromatic heterocycles. The SMILES string of the molecule is COc1ccc(C(O)Cc2nc(C)c(C)s2)cc1OC. The Morgan fingerprint density at radius 2 is 1.90 bits per heavy atom. The van der Waals surface area contributed by atoms with Crippen molar-refractivity contribution < 1.29 is 14.6 Å². The molecule has 0 radical (unpaired) electrons. The first kappa shape index (κ1) is 14.8. The van der Waals surface area contributed by atoms with E-state index in [1.807, 2.05) is 19.9 Å². The molecule has 0 saturated heterocycles. The van der Waals surface area contributed by atoms with Crippen LogP contribution in [0.4, 0.5) is 0 Å². The van der Waals surface area contributed by atoms with Gasteiger partial charge in [-0.1, -0.05) is 6.07 Å². The Hall–Kier alpha value is -1.59. The van der Waals surface area contributed by atoms with E-state index in [4.69, 9.17) is 9.47 Å². The summed E-state index contributed by atoms with van der Waals surface area (Å²) in [6, 6.07) is 5.45. The molecule has 20 heavy (non-hydrogen) atoms. The maximum atomic E-state index is 10.3. The fourth-order valence-electron chi connectivity index (χ4n) is 1.97. The van der Waals surface area contributed by atoms with Crippen LogP contribution in [0.3, 0.4) is 0 Å². The van der Waals surface area contributed by atoms with Crippen molar-refractivity contribution in [3.63, 3.8) is 0 Å². The largest absolute Gasteiger partial charge is 0.493 e. The summed E-state index contributed by atoms with van der Waals surface area (Å²) in [4.78, 5) is 5.65. The van der Waals surface area contributed by atoms with Gasteiger partial charge in [0.05, 0.1) is 31.0 Å². The van der Waals surface area contributed by atoms with Crippen molar-refractivity contribution in [2.75, 3.05) is 14.2 Å². The number of aliphatic hydroxyl groups is 1. The zero-order valence-electron chi connectivity index (χ0n) is 12.1. The Balaban J connectivity index is 2.18. The minimum Gasteiger partial charge on any atom is -0.493 e. The third-order valence-electron chi connectivity index (χ3n) is 3.23. The number of aromatic nitrogens is 1. The van der Waals surface area contributed by atoms with Crippen molar-refractivity contribution in [2.45, 2.75) is 26.4 Å². The van der Waals surface area contributed by atoms with Crippen LogP contribution in [0.5, 0.6) is 11.5 Å². The predicted molar refractivity (Wildman–Crippen MR) is 79.8 cm³/mol. The Bertz CT molecular complexity index is 575. The zero-order valence-corrected chi connectivity index (χ0v) is 13.0. The van der Waals surface area contributed by atoms with E-state index >= 15 is 0 Å². The first-order valence-corrected chi connectivity index (χ1v) is 7.19. The highest BCUT2D eigenvalue weighted by molar-refractivity contribution is 7.11. The molecule has 0 aliphatic carbocycles. The standard InChI is InChI=1S/C15H19NO3S/c1-9-10(2)20-15(16-9)8-12(17)11-5-6-13(18-3)14(7-11)19-4/h5-7,12,17H,8H2,1-4H3. The number of nitrogens with zero attached hydrogens (tertiary/aromatic N) is 1. The number of thiazole rings is 1. The van der Waals surface area contributed by atoms with E-state index in [2.05, 4.69) is 4.98 Å². The molecule has 0 saturated carbocycles. The third-order valence-corrected chi connectivity index (χ3v) is 4.33. The van der Waals surface area contributed by atoms with E-state index in [-0.39, 0.29) is 0 Å². The summed E-state index contributed by atoms with van der Waals surface area (Å²) in [5.41, 5.74) is 1.83. The number of aryl methyl sites for hydroxylation is 2. The number of ether oxygens (including phenoxy) is 2. The van der Waals surface area contributed by atoms with Gasteiger partial charge in [0.2, 0.25) is 0 Å². The van der Waals surface area contributed by atoms with Crippen molar-refractivity contribution in [3.05, 3.63) is 39.3 Å². The average molecular weight is 293 g/mol. The minimum atomic E-state index is -0.597. The highest BCUT2D eigenvalue weighted by atomic mass is 32.1. The molecule has 1 atom stereocenters. The fraction of sp³-hybridized carbons (Fsp3) is 0.400. The number of hydrogen-bond donors (Lipinski definition) is 1. The van der Waals surface area contributed by atoms with Crippen molar-refractivity contribution >= 4 is 11.3 Å². The number of aliphatic hydroxyl groups excluding tert-OH is 1. The number of rotatable bonds is 5. The first-order valence-electron chi connectivity index (χ1n) is 6.38. The normalized spacial score (nSPS) is 12.2. The quantitative estimate of drug-likeness (QED) is 0.920. The van der Waals surface area contributed by atoms with Crippen LogP contribution in [0.25, 0.3) is 0 Å². The molecule has 4 nitrogen and oxygen atoms in total. The highest BCUT2D eigenvalue weighted by Gasteiger charge is 2.14. The molecule has 108 valence electrons. The van der Waals surface area contributed by atoms with Gasteiger partial charge in [0.15, 0.2) is 11.5 Å². The van der Waals surface area contributed by atoms with Crippen LogP contribution in [0.15, 0.2) is 18.2 Å². The molecule has 0 aliphatic heterocycles. The van der Waals surface area contributed by atoms with Gasteiger partial charge in [0, 0.05) is 11.3 Å². The lowest BCUT2D eigenvalue weighted by atomic mass is 10.1. The molecule has 2 rings (SSSR count). The summed E-state index contributed by atoms with van der Waals surface area (Å²) in [5, 5.41) is 11.3. The van der Waals surface area contributed by atoms with Gasteiger partial charge in [-0.15, -0.1) is 11.3 Å². The molecule has 0 fully saturated rings. The molecule has 0 aliphatic rings. The van der Waals surface area contributed by atoms with E-state index in [1.54, 1.807) is 37.7 Å².